The topological polar surface area (TPSA) is 160 Å². The van der Waals surface area contributed by atoms with Gasteiger partial charge in [-0.1, -0.05) is 44.2 Å². The molecule has 11 heteroatoms. The van der Waals surface area contributed by atoms with E-state index in [4.69, 9.17) is 10.5 Å². The van der Waals surface area contributed by atoms with Crippen LogP contribution in [0, 0.1) is 19.8 Å². The lowest BCUT2D eigenvalue weighted by molar-refractivity contribution is -0.121. The highest BCUT2D eigenvalue weighted by Gasteiger charge is 2.27. The molecule has 4 N–H and O–H groups in total. The predicted octanol–water partition coefficient (Wildman–Crippen LogP) is 2.16. The molecule has 0 saturated heterocycles. The molecular weight excluding hydrogens is 478 g/mol. The second-order valence-corrected chi connectivity index (χ2v) is 9.22. The first kappa shape index (κ1) is 27.2. The van der Waals surface area contributed by atoms with Crippen LogP contribution in [0.15, 0.2) is 39.9 Å². The van der Waals surface area contributed by atoms with Gasteiger partial charge in [-0.05, 0) is 37.8 Å². The van der Waals surface area contributed by atoms with Crippen molar-refractivity contribution in [2.45, 2.75) is 41.2 Å². The van der Waals surface area contributed by atoms with E-state index >= 15 is 0 Å². The maximum absolute atomic E-state index is 13.2. The summed E-state index contributed by atoms with van der Waals surface area (Å²) in [5.41, 5.74) is 6.70. The Hall–Kier alpha value is -4.41. The number of aryl methyl sites for hydroxylation is 1. The number of nitrogens with two attached hydrogens (primary N) is 1. The molecule has 1 aromatic carbocycles. The van der Waals surface area contributed by atoms with Crippen LogP contribution >= 0.6 is 0 Å². The minimum atomic E-state index is -0.825. The summed E-state index contributed by atoms with van der Waals surface area (Å²) in [6.45, 7) is 7.82. The van der Waals surface area contributed by atoms with Crippen LogP contribution in [0.4, 0.5) is 11.5 Å². The molecule has 1 amide bonds. The number of nitrogens with zero attached hydrogens (tertiary/aromatic N) is 2. The van der Waals surface area contributed by atoms with Crippen LogP contribution in [-0.4, -0.2) is 45.3 Å². The second kappa shape index (κ2) is 11.1. The second-order valence-electron chi connectivity index (χ2n) is 9.22. The first-order chi connectivity index (χ1) is 17.4. The number of Topliss-reactive ketones (excluding diaryl/α,β-unsaturated/α-hetero) is 1. The Kier molecular flexibility index (Phi) is 8.16. The molecule has 3 rings (SSSR count). The number of rotatable bonds is 9. The number of amides is 1. The molecule has 0 bridgehead atoms. The maximum Gasteiger partial charge on any atom is 0.355 e. The fourth-order valence-electron chi connectivity index (χ4n) is 4.20. The summed E-state index contributed by atoms with van der Waals surface area (Å²) in [7, 11) is 0. The summed E-state index contributed by atoms with van der Waals surface area (Å²) >= 11 is 0. The number of ether oxygens (including phenoxy) is 1. The van der Waals surface area contributed by atoms with Crippen LogP contribution in [-0.2, 0) is 16.1 Å². The van der Waals surface area contributed by atoms with E-state index in [-0.39, 0.29) is 42.0 Å². The number of anilines is 2. The van der Waals surface area contributed by atoms with Crippen molar-refractivity contribution in [1.82, 2.24) is 14.5 Å². The van der Waals surface area contributed by atoms with E-state index in [1.807, 2.05) is 19.9 Å². The molecular formula is C26H31N5O6. The molecule has 0 radical (unpaired) electrons. The standard InChI is InChI=1S/C26H31N5O6/c1-14(2)11-30(19(33)13-37-25(35)21-15(3)20(17(5)32)16(4)28-21)22-23(27)31(26(36)29-24(22)34)12-18-9-7-6-8-10-18/h6-10,14,28H,11-13,27H2,1-5H3,(H,29,34,36). The Labute approximate surface area is 213 Å². The van der Waals surface area contributed by atoms with Crippen molar-refractivity contribution in [3.63, 3.8) is 0 Å². The minimum absolute atomic E-state index is 0.0691. The fraction of sp³-hybridized carbons (Fsp3) is 0.346. The number of aromatic nitrogens is 3. The van der Waals surface area contributed by atoms with E-state index in [1.165, 1.54) is 11.5 Å². The Morgan fingerprint density at radius 1 is 1.08 bits per heavy atom. The lowest BCUT2D eigenvalue weighted by Crippen LogP contribution is -2.44. The average molecular weight is 510 g/mol. The van der Waals surface area contributed by atoms with Crippen molar-refractivity contribution in [2.24, 2.45) is 5.92 Å². The summed E-state index contributed by atoms with van der Waals surface area (Å²) in [4.78, 5) is 69.3. The van der Waals surface area contributed by atoms with Gasteiger partial charge in [0.2, 0.25) is 0 Å². The van der Waals surface area contributed by atoms with Crippen LogP contribution in [0.2, 0.25) is 0 Å². The highest BCUT2D eigenvalue weighted by atomic mass is 16.5. The number of nitrogen functional groups attached to an aromatic ring is 1. The first-order valence-corrected chi connectivity index (χ1v) is 11.8. The SMILES string of the molecule is CC(=O)c1c(C)[nH]c(C(=O)OCC(=O)N(CC(C)C)c2c(N)n(Cc3ccccc3)c(=O)[nH]c2=O)c1C. The molecule has 0 atom stereocenters. The summed E-state index contributed by atoms with van der Waals surface area (Å²) in [6.07, 6.45) is 0. The van der Waals surface area contributed by atoms with Gasteiger partial charge >= 0.3 is 11.7 Å². The monoisotopic (exact) mass is 509 g/mol. The number of carbonyl (C=O) groups is 3. The molecule has 2 aromatic heterocycles. The van der Waals surface area contributed by atoms with E-state index < -0.39 is 29.7 Å². The van der Waals surface area contributed by atoms with Gasteiger partial charge in [-0.15, -0.1) is 0 Å². The average Bonchev–Trinajstić information content (AvgIpc) is 3.13. The van der Waals surface area contributed by atoms with Crippen LogP contribution < -0.4 is 21.9 Å². The van der Waals surface area contributed by atoms with Gasteiger partial charge in [0.1, 0.15) is 11.5 Å². The summed E-state index contributed by atoms with van der Waals surface area (Å²) in [5, 5.41) is 0. The van der Waals surface area contributed by atoms with Crippen molar-refractivity contribution >= 4 is 29.2 Å². The van der Waals surface area contributed by atoms with Gasteiger partial charge in [0.05, 0.1) is 6.54 Å². The van der Waals surface area contributed by atoms with Crippen LogP contribution in [0.1, 0.15) is 58.4 Å². The zero-order chi connectivity index (χ0) is 27.4. The number of hydrogen-bond donors (Lipinski definition) is 3. The van der Waals surface area contributed by atoms with Gasteiger partial charge in [-0.2, -0.15) is 0 Å². The molecule has 0 spiro atoms. The van der Waals surface area contributed by atoms with Crippen LogP contribution in [0.3, 0.4) is 0 Å². The van der Waals surface area contributed by atoms with Crippen LogP contribution in [0.5, 0.6) is 0 Å². The van der Waals surface area contributed by atoms with Gasteiger partial charge in [0, 0.05) is 17.8 Å². The number of esters is 1. The number of carbonyl (C=O) groups excluding carboxylic acids is 3. The summed E-state index contributed by atoms with van der Waals surface area (Å²) < 4.78 is 6.41. The number of nitrogens with one attached hydrogen (secondary N) is 2. The van der Waals surface area contributed by atoms with E-state index in [2.05, 4.69) is 9.97 Å². The third-order valence-corrected chi connectivity index (χ3v) is 5.84. The molecule has 0 fully saturated rings. The van der Waals surface area contributed by atoms with Crippen molar-refractivity contribution < 1.29 is 19.1 Å². The molecule has 37 heavy (non-hydrogen) atoms. The van der Waals surface area contributed by atoms with Crippen molar-refractivity contribution in [3.05, 3.63) is 79.2 Å². The van der Waals surface area contributed by atoms with Gasteiger partial charge in [0.15, 0.2) is 18.1 Å². The van der Waals surface area contributed by atoms with Gasteiger partial charge in [-0.3, -0.25) is 23.9 Å². The number of hydrogen-bond acceptors (Lipinski definition) is 7. The molecule has 11 nitrogen and oxygen atoms in total. The smallest absolute Gasteiger partial charge is 0.355 e. The highest BCUT2D eigenvalue weighted by molar-refractivity contribution is 6.02. The zero-order valence-electron chi connectivity index (χ0n) is 21.5. The van der Waals surface area contributed by atoms with E-state index in [9.17, 15) is 24.0 Å². The molecule has 0 aliphatic heterocycles. The Bertz CT molecular complexity index is 1450. The molecule has 0 aliphatic rings. The van der Waals surface area contributed by atoms with Crippen molar-refractivity contribution in [2.75, 3.05) is 23.8 Å². The largest absolute Gasteiger partial charge is 0.451 e. The normalized spacial score (nSPS) is 11.0. The summed E-state index contributed by atoms with van der Waals surface area (Å²) in [6, 6.07) is 9.04. The third kappa shape index (κ3) is 5.88. The Morgan fingerprint density at radius 2 is 1.73 bits per heavy atom. The number of H-pyrrole nitrogens is 2. The number of ketones is 1. The Balaban J connectivity index is 1.92. The van der Waals surface area contributed by atoms with Gasteiger partial charge in [-0.25, -0.2) is 9.59 Å². The quantitative estimate of drug-likeness (QED) is 0.294. The lowest BCUT2D eigenvalue weighted by atomic mass is 10.1. The third-order valence-electron chi connectivity index (χ3n) is 5.84. The molecule has 3 aromatic rings. The van der Waals surface area contributed by atoms with Crippen molar-refractivity contribution in [3.8, 4) is 0 Å². The first-order valence-electron chi connectivity index (χ1n) is 11.8. The van der Waals surface area contributed by atoms with E-state index in [1.54, 1.807) is 38.1 Å². The molecule has 0 aliphatic carbocycles. The fourth-order valence-corrected chi connectivity index (χ4v) is 4.20. The molecule has 0 saturated carbocycles. The molecule has 2 heterocycles. The summed E-state index contributed by atoms with van der Waals surface area (Å²) in [5.74, 6) is -1.98. The van der Waals surface area contributed by atoms with Crippen molar-refractivity contribution in [1.29, 1.82) is 0 Å². The van der Waals surface area contributed by atoms with Gasteiger partial charge in [0.25, 0.3) is 11.5 Å². The molecule has 196 valence electrons. The predicted molar refractivity (Wildman–Crippen MR) is 139 cm³/mol. The van der Waals surface area contributed by atoms with Gasteiger partial charge < -0.3 is 20.4 Å². The number of aromatic amines is 2. The zero-order valence-corrected chi connectivity index (χ0v) is 21.5. The molecule has 0 unspecified atom stereocenters. The minimum Gasteiger partial charge on any atom is -0.451 e. The van der Waals surface area contributed by atoms with Crippen LogP contribution in [0.25, 0.3) is 0 Å². The highest BCUT2D eigenvalue weighted by Crippen LogP contribution is 2.21. The number of benzene rings is 1. The Morgan fingerprint density at radius 3 is 2.30 bits per heavy atom. The maximum atomic E-state index is 13.2. The van der Waals surface area contributed by atoms with E-state index in [0.29, 0.717) is 16.8 Å². The lowest BCUT2D eigenvalue weighted by Gasteiger charge is -2.26. The van der Waals surface area contributed by atoms with E-state index in [0.717, 1.165) is 10.5 Å².